The molecule has 0 amide bonds. The van der Waals surface area contributed by atoms with Crippen molar-refractivity contribution in [2.24, 2.45) is 0 Å². The molecule has 0 bridgehead atoms. The van der Waals surface area contributed by atoms with Crippen molar-refractivity contribution in [1.29, 1.82) is 0 Å². The van der Waals surface area contributed by atoms with E-state index in [4.69, 9.17) is 0 Å². The summed E-state index contributed by atoms with van der Waals surface area (Å²) in [6.07, 6.45) is 0. The molecule has 0 atom stereocenters. The van der Waals surface area contributed by atoms with Crippen LogP contribution in [0.25, 0.3) is 0 Å². The zero-order valence-electron chi connectivity index (χ0n) is 4.12. The van der Waals surface area contributed by atoms with Gasteiger partial charge in [-0.25, -0.2) is 0 Å². The molecule has 0 radical (unpaired) electrons. The third-order valence-corrected chi connectivity index (χ3v) is 0.570. The highest BCUT2D eigenvalue weighted by molar-refractivity contribution is 7.80. The fraction of sp³-hybridized carbons (Fsp3) is 0.750. The molecule has 0 aromatic carbocycles. The Balaban J connectivity index is 2.83. The van der Waals surface area contributed by atoms with E-state index < -0.39 is 0 Å². The highest BCUT2D eigenvalue weighted by Gasteiger charge is 1.73. The highest BCUT2D eigenvalue weighted by atomic mass is 32.1. The Labute approximate surface area is 43.7 Å². The summed E-state index contributed by atoms with van der Waals surface area (Å²) in [7, 11) is 0. The molecule has 36 valence electrons. The van der Waals surface area contributed by atoms with Gasteiger partial charge in [0.05, 0.1) is 4.99 Å². The molecule has 0 aromatic rings. The van der Waals surface area contributed by atoms with E-state index in [1.807, 2.05) is 13.8 Å². The quantitative estimate of drug-likeness (QED) is 0.496. The first-order chi connectivity index (χ1) is 2.77. The first-order valence-corrected chi connectivity index (χ1v) is 2.42. The van der Waals surface area contributed by atoms with Crippen molar-refractivity contribution in [2.75, 3.05) is 6.54 Å². The predicted octanol–water partition coefficient (Wildman–Crippen LogP) is 0.943. The summed E-state index contributed by atoms with van der Waals surface area (Å²) in [5.41, 5.74) is 0. The molecular formula is C4H9NS. The van der Waals surface area contributed by atoms with Gasteiger partial charge in [-0.15, -0.1) is 0 Å². The van der Waals surface area contributed by atoms with Crippen LogP contribution >= 0.6 is 12.2 Å². The Morgan fingerprint density at radius 1 is 1.83 bits per heavy atom. The van der Waals surface area contributed by atoms with E-state index in [0.29, 0.717) is 0 Å². The maximum Gasteiger partial charge on any atom is 0.0721 e. The van der Waals surface area contributed by atoms with Crippen LogP contribution in [0.5, 0.6) is 0 Å². The van der Waals surface area contributed by atoms with E-state index in [1.54, 1.807) is 0 Å². The monoisotopic (exact) mass is 103 g/mol. The summed E-state index contributed by atoms with van der Waals surface area (Å²) < 4.78 is 0. The molecule has 0 rings (SSSR count). The van der Waals surface area contributed by atoms with Gasteiger partial charge >= 0.3 is 0 Å². The van der Waals surface area contributed by atoms with Crippen LogP contribution in [-0.4, -0.2) is 11.5 Å². The van der Waals surface area contributed by atoms with Gasteiger partial charge in [0.15, 0.2) is 0 Å². The molecule has 0 aliphatic carbocycles. The Morgan fingerprint density at radius 3 is 2.33 bits per heavy atom. The Hall–Kier alpha value is -0.110. The van der Waals surface area contributed by atoms with Crippen LogP contribution in [-0.2, 0) is 0 Å². The average molecular weight is 103 g/mol. The van der Waals surface area contributed by atoms with Gasteiger partial charge in [-0.2, -0.15) is 0 Å². The maximum absolute atomic E-state index is 4.68. The largest absolute Gasteiger partial charge is 0.380 e. The van der Waals surface area contributed by atoms with E-state index in [0.717, 1.165) is 11.5 Å². The number of rotatable bonds is 1. The van der Waals surface area contributed by atoms with Crippen molar-refractivity contribution in [3.8, 4) is 0 Å². The third kappa shape index (κ3) is 3.89. The number of thiocarbonyl (C=S) groups is 1. The first-order valence-electron chi connectivity index (χ1n) is 2.01. The second kappa shape index (κ2) is 3.09. The summed E-state index contributed by atoms with van der Waals surface area (Å²) in [6, 6.07) is 0. The molecule has 0 aliphatic heterocycles. The van der Waals surface area contributed by atoms with Crippen LogP contribution in [0.3, 0.4) is 0 Å². The number of nitrogens with one attached hydrogen (secondary N) is 1. The maximum atomic E-state index is 4.68. The summed E-state index contributed by atoms with van der Waals surface area (Å²) in [5, 5.41) is 2.94. The van der Waals surface area contributed by atoms with Gasteiger partial charge in [0.25, 0.3) is 0 Å². The minimum Gasteiger partial charge on any atom is -0.380 e. The summed E-state index contributed by atoms with van der Waals surface area (Å²) in [6.45, 7) is 4.84. The molecule has 1 N–H and O–H groups in total. The minimum absolute atomic E-state index is 0.873. The fourth-order valence-electron chi connectivity index (χ4n) is 0.249. The van der Waals surface area contributed by atoms with Gasteiger partial charge in [0.2, 0.25) is 0 Å². The van der Waals surface area contributed by atoms with Crippen molar-refractivity contribution in [3.05, 3.63) is 0 Å². The van der Waals surface area contributed by atoms with Crippen LogP contribution in [0.15, 0.2) is 0 Å². The van der Waals surface area contributed by atoms with E-state index in [9.17, 15) is 0 Å². The van der Waals surface area contributed by atoms with E-state index in [-0.39, 0.29) is 0 Å². The van der Waals surface area contributed by atoms with Crippen LogP contribution in [0.2, 0.25) is 0 Å². The lowest BCUT2D eigenvalue weighted by Gasteiger charge is -1.92. The zero-order chi connectivity index (χ0) is 4.99. The summed E-state index contributed by atoms with van der Waals surface area (Å²) >= 11 is 4.68. The smallest absolute Gasteiger partial charge is 0.0721 e. The van der Waals surface area contributed by atoms with Crippen LogP contribution in [0.4, 0.5) is 0 Å². The minimum atomic E-state index is 0.873. The molecule has 6 heavy (non-hydrogen) atoms. The molecule has 2 heteroatoms. The first kappa shape index (κ1) is 5.89. The normalized spacial score (nSPS) is 7.67. The Kier molecular flexibility index (Phi) is 3.04. The van der Waals surface area contributed by atoms with Crippen LogP contribution in [0.1, 0.15) is 13.8 Å². The molecule has 0 saturated carbocycles. The molecule has 0 heterocycles. The van der Waals surface area contributed by atoms with Crippen molar-refractivity contribution in [2.45, 2.75) is 13.8 Å². The molecule has 0 aromatic heterocycles. The summed E-state index contributed by atoms with van der Waals surface area (Å²) in [5.74, 6) is 0. The van der Waals surface area contributed by atoms with Crippen molar-refractivity contribution in [3.63, 3.8) is 0 Å². The topological polar surface area (TPSA) is 12.0 Å². The van der Waals surface area contributed by atoms with Gasteiger partial charge in [-0.05, 0) is 13.8 Å². The Bertz CT molecular complexity index is 51.5. The number of hydrogen-bond donors (Lipinski definition) is 1. The molecule has 1 nitrogen and oxygen atoms in total. The Morgan fingerprint density at radius 2 is 2.33 bits per heavy atom. The van der Waals surface area contributed by atoms with Crippen LogP contribution in [0, 0.1) is 0 Å². The summed E-state index contributed by atoms with van der Waals surface area (Å²) in [4.78, 5) is 0.873. The molecule has 0 unspecified atom stereocenters. The predicted molar refractivity (Wildman–Crippen MR) is 31.9 cm³/mol. The standard InChI is InChI=1S/C4H9NS/c1-3-5-4(2)6/h3H2,1-2H3,(H,5,6). The van der Waals surface area contributed by atoms with E-state index in [1.165, 1.54) is 0 Å². The molecule has 0 spiro atoms. The van der Waals surface area contributed by atoms with Gasteiger partial charge in [0.1, 0.15) is 0 Å². The van der Waals surface area contributed by atoms with Gasteiger partial charge in [-0.3, -0.25) is 0 Å². The van der Waals surface area contributed by atoms with Gasteiger partial charge in [0, 0.05) is 6.54 Å². The third-order valence-electron chi connectivity index (χ3n) is 0.426. The van der Waals surface area contributed by atoms with Gasteiger partial charge in [-0.1, -0.05) is 12.2 Å². The highest BCUT2D eigenvalue weighted by Crippen LogP contribution is 1.62. The van der Waals surface area contributed by atoms with Gasteiger partial charge < -0.3 is 5.32 Å². The average Bonchev–Trinajstić information content (AvgIpc) is 1.35. The van der Waals surface area contributed by atoms with Crippen molar-refractivity contribution < 1.29 is 0 Å². The van der Waals surface area contributed by atoms with E-state index >= 15 is 0 Å². The fourth-order valence-corrected chi connectivity index (χ4v) is 0.393. The molecular weight excluding hydrogens is 94.1 g/mol. The lowest BCUT2D eigenvalue weighted by molar-refractivity contribution is 0.978. The van der Waals surface area contributed by atoms with Crippen molar-refractivity contribution >= 4 is 17.2 Å². The lowest BCUT2D eigenvalue weighted by atomic mass is 10.7. The zero-order valence-corrected chi connectivity index (χ0v) is 4.93. The second-order valence-corrected chi connectivity index (χ2v) is 1.70. The SMILES string of the molecule is CCNC(C)=S. The lowest BCUT2D eigenvalue weighted by Crippen LogP contribution is -2.16. The van der Waals surface area contributed by atoms with Crippen LogP contribution < -0.4 is 5.32 Å². The molecule has 0 aliphatic rings. The second-order valence-electron chi connectivity index (χ2n) is 1.09. The van der Waals surface area contributed by atoms with E-state index in [2.05, 4.69) is 17.5 Å². The molecule has 0 fully saturated rings. The molecule has 0 saturated heterocycles. The number of hydrogen-bond acceptors (Lipinski definition) is 1. The van der Waals surface area contributed by atoms with Crippen molar-refractivity contribution in [1.82, 2.24) is 5.32 Å².